The molecule has 3 nitrogen and oxygen atoms in total. The second-order valence-corrected chi connectivity index (χ2v) is 2.73. The summed E-state index contributed by atoms with van der Waals surface area (Å²) in [5.41, 5.74) is 0. The van der Waals surface area contributed by atoms with Crippen LogP contribution in [0.5, 0.6) is 0 Å². The third-order valence-corrected chi connectivity index (χ3v) is 1.92. The SMILES string of the molecule is CC(C1=NCCO1)C1CO1. The third-order valence-electron chi connectivity index (χ3n) is 1.92. The van der Waals surface area contributed by atoms with Crippen LogP contribution in [0.4, 0.5) is 0 Å². The first-order chi connectivity index (χ1) is 4.88. The molecule has 2 aliphatic rings. The zero-order valence-electron chi connectivity index (χ0n) is 6.04. The van der Waals surface area contributed by atoms with Crippen LogP contribution in [0, 0.1) is 5.92 Å². The Bertz CT molecular complexity index is 163. The lowest BCUT2D eigenvalue weighted by atomic mass is 10.1. The molecule has 0 amide bonds. The number of nitrogens with zero attached hydrogens (tertiary/aromatic N) is 1. The van der Waals surface area contributed by atoms with Crippen molar-refractivity contribution in [1.29, 1.82) is 0 Å². The molecule has 1 fully saturated rings. The van der Waals surface area contributed by atoms with Crippen LogP contribution in [0.25, 0.3) is 0 Å². The van der Waals surface area contributed by atoms with E-state index in [1.54, 1.807) is 0 Å². The van der Waals surface area contributed by atoms with Gasteiger partial charge in [0.25, 0.3) is 0 Å². The summed E-state index contributed by atoms with van der Waals surface area (Å²) in [5.74, 6) is 1.27. The molecule has 0 radical (unpaired) electrons. The molecule has 0 saturated carbocycles. The highest BCUT2D eigenvalue weighted by atomic mass is 16.6. The molecule has 2 heterocycles. The Labute approximate surface area is 60.0 Å². The van der Waals surface area contributed by atoms with Crippen molar-refractivity contribution in [2.75, 3.05) is 19.8 Å². The van der Waals surface area contributed by atoms with Crippen LogP contribution in [-0.2, 0) is 9.47 Å². The van der Waals surface area contributed by atoms with E-state index in [2.05, 4.69) is 11.9 Å². The van der Waals surface area contributed by atoms with Gasteiger partial charge in [0.1, 0.15) is 6.61 Å². The molecule has 56 valence electrons. The predicted molar refractivity (Wildman–Crippen MR) is 37.2 cm³/mol. The Morgan fingerprint density at radius 3 is 3.00 bits per heavy atom. The summed E-state index contributed by atoms with van der Waals surface area (Å²) in [5, 5.41) is 0. The molecular formula is C7H11NO2. The smallest absolute Gasteiger partial charge is 0.189 e. The van der Waals surface area contributed by atoms with E-state index in [0.29, 0.717) is 12.0 Å². The van der Waals surface area contributed by atoms with Gasteiger partial charge in [-0.05, 0) is 0 Å². The summed E-state index contributed by atoms with van der Waals surface area (Å²) >= 11 is 0. The lowest BCUT2D eigenvalue weighted by Crippen LogP contribution is -2.16. The zero-order valence-corrected chi connectivity index (χ0v) is 6.04. The molecule has 3 heteroatoms. The van der Waals surface area contributed by atoms with Crippen LogP contribution in [0.3, 0.4) is 0 Å². The molecule has 0 aliphatic carbocycles. The van der Waals surface area contributed by atoms with Crippen LogP contribution in [0.1, 0.15) is 6.92 Å². The molecule has 0 spiro atoms. The summed E-state index contributed by atoms with van der Waals surface area (Å²) in [7, 11) is 0. The van der Waals surface area contributed by atoms with Gasteiger partial charge in [-0.3, -0.25) is 4.99 Å². The summed E-state index contributed by atoms with van der Waals surface area (Å²) in [4.78, 5) is 4.21. The summed E-state index contributed by atoms with van der Waals surface area (Å²) in [6, 6.07) is 0. The molecule has 0 N–H and O–H groups in total. The first kappa shape index (κ1) is 6.16. The third kappa shape index (κ3) is 1.01. The van der Waals surface area contributed by atoms with Crippen LogP contribution in [-0.4, -0.2) is 31.8 Å². The second-order valence-electron chi connectivity index (χ2n) is 2.73. The number of ether oxygens (including phenoxy) is 2. The van der Waals surface area contributed by atoms with Crippen molar-refractivity contribution in [3.8, 4) is 0 Å². The van der Waals surface area contributed by atoms with E-state index in [1.807, 2.05) is 0 Å². The number of hydrogen-bond acceptors (Lipinski definition) is 3. The van der Waals surface area contributed by atoms with Crippen LogP contribution in [0.15, 0.2) is 4.99 Å². The number of hydrogen-bond donors (Lipinski definition) is 0. The van der Waals surface area contributed by atoms with E-state index in [4.69, 9.17) is 9.47 Å². The Hall–Kier alpha value is -0.570. The lowest BCUT2D eigenvalue weighted by Gasteiger charge is -2.06. The van der Waals surface area contributed by atoms with E-state index in [-0.39, 0.29) is 0 Å². The van der Waals surface area contributed by atoms with Crippen molar-refractivity contribution < 1.29 is 9.47 Å². The highest BCUT2D eigenvalue weighted by Crippen LogP contribution is 2.22. The van der Waals surface area contributed by atoms with Gasteiger partial charge in [-0.15, -0.1) is 0 Å². The van der Waals surface area contributed by atoms with Crippen molar-refractivity contribution in [1.82, 2.24) is 0 Å². The van der Waals surface area contributed by atoms with Gasteiger partial charge in [0, 0.05) is 0 Å². The molecule has 0 bridgehead atoms. The van der Waals surface area contributed by atoms with Gasteiger partial charge in [0.05, 0.1) is 25.2 Å². The van der Waals surface area contributed by atoms with Gasteiger partial charge in [-0.1, -0.05) is 6.92 Å². The van der Waals surface area contributed by atoms with Gasteiger partial charge in [-0.2, -0.15) is 0 Å². The average molecular weight is 141 g/mol. The molecule has 10 heavy (non-hydrogen) atoms. The molecular weight excluding hydrogens is 130 g/mol. The molecule has 2 atom stereocenters. The lowest BCUT2D eigenvalue weighted by molar-refractivity contribution is 0.302. The first-order valence-electron chi connectivity index (χ1n) is 3.66. The minimum atomic E-state index is 0.377. The summed E-state index contributed by atoms with van der Waals surface area (Å²) in [6.07, 6.45) is 0.386. The maximum Gasteiger partial charge on any atom is 0.189 e. The molecule has 2 rings (SSSR count). The van der Waals surface area contributed by atoms with Gasteiger partial charge in [0.2, 0.25) is 0 Å². The Morgan fingerprint density at radius 1 is 1.70 bits per heavy atom. The minimum absolute atomic E-state index is 0.377. The van der Waals surface area contributed by atoms with Crippen molar-refractivity contribution >= 4 is 5.90 Å². The normalized spacial score (nSPS) is 32.9. The highest BCUT2D eigenvalue weighted by molar-refractivity contribution is 5.80. The number of epoxide rings is 1. The van der Waals surface area contributed by atoms with E-state index >= 15 is 0 Å². The van der Waals surface area contributed by atoms with Crippen molar-refractivity contribution in [2.24, 2.45) is 10.9 Å². The fourth-order valence-electron chi connectivity index (χ4n) is 1.13. The molecule has 0 aromatic heterocycles. The van der Waals surface area contributed by atoms with E-state index < -0.39 is 0 Å². The van der Waals surface area contributed by atoms with Crippen molar-refractivity contribution in [3.63, 3.8) is 0 Å². The molecule has 0 aromatic carbocycles. The monoisotopic (exact) mass is 141 g/mol. The Kier molecular flexibility index (Phi) is 1.38. The van der Waals surface area contributed by atoms with Crippen molar-refractivity contribution in [2.45, 2.75) is 13.0 Å². The minimum Gasteiger partial charge on any atom is -0.479 e. The fraction of sp³-hybridized carbons (Fsp3) is 0.857. The largest absolute Gasteiger partial charge is 0.479 e. The average Bonchev–Trinajstić information content (AvgIpc) is 2.65. The topological polar surface area (TPSA) is 34.1 Å². The van der Waals surface area contributed by atoms with Gasteiger partial charge >= 0.3 is 0 Å². The second kappa shape index (κ2) is 2.23. The maximum absolute atomic E-state index is 5.29. The van der Waals surface area contributed by atoms with Gasteiger partial charge in [-0.25, -0.2) is 0 Å². The summed E-state index contributed by atoms with van der Waals surface area (Å²) in [6.45, 7) is 4.56. The quantitative estimate of drug-likeness (QED) is 0.523. The molecule has 0 aromatic rings. The van der Waals surface area contributed by atoms with E-state index in [1.165, 1.54) is 0 Å². The van der Waals surface area contributed by atoms with Crippen LogP contribution in [0.2, 0.25) is 0 Å². The Morgan fingerprint density at radius 2 is 2.50 bits per heavy atom. The summed E-state index contributed by atoms with van der Waals surface area (Å²) < 4.78 is 10.4. The molecule has 2 unspecified atom stereocenters. The van der Waals surface area contributed by atoms with Gasteiger partial charge < -0.3 is 9.47 Å². The Balaban J connectivity index is 1.95. The van der Waals surface area contributed by atoms with Crippen molar-refractivity contribution in [3.05, 3.63) is 0 Å². The maximum atomic E-state index is 5.29. The predicted octanol–water partition coefficient (Wildman–Crippen LogP) is 0.450. The number of rotatable bonds is 2. The number of aliphatic imine (C=N–C) groups is 1. The molecule has 1 saturated heterocycles. The van der Waals surface area contributed by atoms with Crippen LogP contribution < -0.4 is 0 Å². The zero-order chi connectivity index (χ0) is 6.97. The van der Waals surface area contributed by atoms with Crippen LogP contribution >= 0.6 is 0 Å². The standard InChI is InChI=1S/C7H11NO2/c1-5(6-4-10-6)7-8-2-3-9-7/h5-6H,2-4H2,1H3. The van der Waals surface area contributed by atoms with Gasteiger partial charge in [0.15, 0.2) is 5.90 Å². The molecule has 2 aliphatic heterocycles. The van der Waals surface area contributed by atoms with E-state index in [0.717, 1.165) is 25.7 Å². The first-order valence-corrected chi connectivity index (χ1v) is 3.66. The fourth-order valence-corrected chi connectivity index (χ4v) is 1.13. The van der Waals surface area contributed by atoms with E-state index in [9.17, 15) is 0 Å². The highest BCUT2D eigenvalue weighted by Gasteiger charge is 2.34.